The molecule has 2 aromatic rings. The molecule has 5 heteroatoms. The second-order valence-electron chi connectivity index (χ2n) is 4.15. The molecule has 0 spiro atoms. The molecule has 0 bridgehead atoms. The van der Waals surface area contributed by atoms with Gasteiger partial charge in [0.25, 0.3) is 0 Å². The summed E-state index contributed by atoms with van der Waals surface area (Å²) in [5.41, 5.74) is 0.359. The molecule has 0 N–H and O–H groups in total. The van der Waals surface area contributed by atoms with Crippen molar-refractivity contribution in [2.75, 3.05) is 6.61 Å². The maximum absolute atomic E-state index is 11.8. The van der Waals surface area contributed by atoms with Crippen LogP contribution in [0.25, 0.3) is 10.8 Å². The highest BCUT2D eigenvalue weighted by molar-refractivity contribution is 9.10. The third-order valence-electron chi connectivity index (χ3n) is 2.64. The Hall–Kier alpha value is -1.88. The molecular formula is C15H13BrO4. The van der Waals surface area contributed by atoms with Gasteiger partial charge in [-0.2, -0.15) is 0 Å². The smallest absolute Gasteiger partial charge is 0.338 e. The van der Waals surface area contributed by atoms with E-state index >= 15 is 0 Å². The SMILES string of the molecule is CCOC(=O)c1cc(OC(C)=O)c2cc(Br)ccc2c1. The number of hydrogen-bond acceptors (Lipinski definition) is 4. The zero-order chi connectivity index (χ0) is 14.7. The van der Waals surface area contributed by atoms with Crippen LogP contribution in [0.5, 0.6) is 5.75 Å². The molecule has 0 atom stereocenters. The first-order chi connectivity index (χ1) is 9.51. The second-order valence-corrected chi connectivity index (χ2v) is 5.07. The van der Waals surface area contributed by atoms with Crippen molar-refractivity contribution in [1.82, 2.24) is 0 Å². The van der Waals surface area contributed by atoms with Crippen LogP contribution in [0.4, 0.5) is 0 Å². The Morgan fingerprint density at radius 1 is 1.20 bits per heavy atom. The fourth-order valence-corrected chi connectivity index (χ4v) is 2.23. The first-order valence-electron chi connectivity index (χ1n) is 6.10. The molecule has 0 heterocycles. The van der Waals surface area contributed by atoms with Gasteiger partial charge in [-0.3, -0.25) is 4.79 Å². The van der Waals surface area contributed by atoms with Crippen molar-refractivity contribution in [3.8, 4) is 5.75 Å². The van der Waals surface area contributed by atoms with E-state index in [9.17, 15) is 9.59 Å². The molecule has 0 unspecified atom stereocenters. The quantitative estimate of drug-likeness (QED) is 0.633. The summed E-state index contributed by atoms with van der Waals surface area (Å²) in [7, 11) is 0. The predicted molar refractivity (Wildman–Crippen MR) is 78.9 cm³/mol. The fourth-order valence-electron chi connectivity index (χ4n) is 1.87. The molecule has 0 aromatic heterocycles. The van der Waals surface area contributed by atoms with Crippen molar-refractivity contribution in [3.63, 3.8) is 0 Å². The van der Waals surface area contributed by atoms with E-state index in [-0.39, 0.29) is 0 Å². The minimum absolute atomic E-state index is 0.292. The molecule has 4 nitrogen and oxygen atoms in total. The Bertz CT molecular complexity index is 679. The third kappa shape index (κ3) is 3.17. The maximum atomic E-state index is 11.8. The van der Waals surface area contributed by atoms with Crippen molar-refractivity contribution in [3.05, 3.63) is 40.4 Å². The summed E-state index contributed by atoms with van der Waals surface area (Å²) in [5.74, 6) is -0.530. The predicted octanol–water partition coefficient (Wildman–Crippen LogP) is 3.70. The molecule has 0 saturated carbocycles. The standard InChI is InChI=1S/C15H13BrO4/c1-3-19-15(18)11-6-10-4-5-12(16)8-13(10)14(7-11)20-9(2)17/h4-8H,3H2,1-2H3. The average Bonchev–Trinajstić information content (AvgIpc) is 2.38. The molecule has 2 rings (SSSR count). The minimum atomic E-state index is -0.439. The Kier molecular flexibility index (Phi) is 4.39. The summed E-state index contributed by atoms with van der Waals surface area (Å²) >= 11 is 3.37. The topological polar surface area (TPSA) is 52.6 Å². The van der Waals surface area contributed by atoms with Gasteiger partial charge in [-0.05, 0) is 36.6 Å². The number of esters is 2. The van der Waals surface area contributed by atoms with Crippen LogP contribution < -0.4 is 4.74 Å². The largest absolute Gasteiger partial charge is 0.462 e. The molecule has 0 aliphatic carbocycles. The van der Waals surface area contributed by atoms with Crippen molar-refractivity contribution >= 4 is 38.6 Å². The zero-order valence-corrected chi connectivity index (χ0v) is 12.7. The molecule has 0 amide bonds. The van der Waals surface area contributed by atoms with Crippen LogP contribution in [0, 0.1) is 0 Å². The summed E-state index contributed by atoms with van der Waals surface area (Å²) < 4.78 is 11.0. The number of hydrogen-bond donors (Lipinski definition) is 0. The minimum Gasteiger partial charge on any atom is -0.462 e. The first kappa shape index (κ1) is 14.5. The van der Waals surface area contributed by atoms with Gasteiger partial charge in [0.15, 0.2) is 0 Å². The van der Waals surface area contributed by atoms with Gasteiger partial charge < -0.3 is 9.47 Å². The van der Waals surface area contributed by atoms with Gasteiger partial charge in [-0.1, -0.05) is 22.0 Å². The third-order valence-corrected chi connectivity index (χ3v) is 3.14. The van der Waals surface area contributed by atoms with Gasteiger partial charge in [0, 0.05) is 16.8 Å². The zero-order valence-electron chi connectivity index (χ0n) is 11.1. The van der Waals surface area contributed by atoms with Gasteiger partial charge in [0.05, 0.1) is 12.2 Å². The van der Waals surface area contributed by atoms with E-state index in [2.05, 4.69) is 15.9 Å². The number of fused-ring (bicyclic) bond motifs is 1. The number of halogens is 1. The lowest BCUT2D eigenvalue weighted by atomic mass is 10.1. The van der Waals surface area contributed by atoms with Crippen LogP contribution >= 0.6 is 15.9 Å². The first-order valence-corrected chi connectivity index (χ1v) is 6.89. The van der Waals surface area contributed by atoms with E-state index in [4.69, 9.17) is 9.47 Å². The van der Waals surface area contributed by atoms with E-state index in [1.54, 1.807) is 13.0 Å². The Morgan fingerprint density at radius 3 is 2.60 bits per heavy atom. The number of ether oxygens (including phenoxy) is 2. The molecule has 0 radical (unpaired) electrons. The molecule has 0 aliphatic heterocycles. The summed E-state index contributed by atoms with van der Waals surface area (Å²) in [6.07, 6.45) is 0. The van der Waals surface area contributed by atoms with E-state index in [1.807, 2.05) is 18.2 Å². The van der Waals surface area contributed by atoms with E-state index in [0.717, 1.165) is 15.2 Å². The summed E-state index contributed by atoms with van der Waals surface area (Å²) in [6, 6.07) is 8.77. The molecule has 0 fully saturated rings. The number of carbonyl (C=O) groups is 2. The van der Waals surface area contributed by atoms with Crippen molar-refractivity contribution in [2.24, 2.45) is 0 Å². The van der Waals surface area contributed by atoms with Gasteiger partial charge in [0.2, 0.25) is 0 Å². The second kappa shape index (κ2) is 6.05. The fraction of sp³-hybridized carbons (Fsp3) is 0.200. The number of benzene rings is 2. The molecule has 2 aromatic carbocycles. The van der Waals surface area contributed by atoms with Crippen LogP contribution in [0.1, 0.15) is 24.2 Å². The lowest BCUT2D eigenvalue weighted by molar-refractivity contribution is -0.131. The highest BCUT2D eigenvalue weighted by Crippen LogP contribution is 2.30. The van der Waals surface area contributed by atoms with E-state index in [1.165, 1.54) is 13.0 Å². The van der Waals surface area contributed by atoms with Gasteiger partial charge in [0.1, 0.15) is 5.75 Å². The monoisotopic (exact) mass is 336 g/mol. The lowest BCUT2D eigenvalue weighted by Crippen LogP contribution is -2.07. The molecule has 104 valence electrons. The van der Waals surface area contributed by atoms with Gasteiger partial charge in [-0.25, -0.2) is 4.79 Å². The molecule has 0 saturated heterocycles. The highest BCUT2D eigenvalue weighted by Gasteiger charge is 2.13. The van der Waals surface area contributed by atoms with Crippen LogP contribution in [0.2, 0.25) is 0 Å². The highest BCUT2D eigenvalue weighted by atomic mass is 79.9. The maximum Gasteiger partial charge on any atom is 0.338 e. The normalized spacial score (nSPS) is 10.3. The van der Waals surface area contributed by atoms with Crippen LogP contribution in [0.15, 0.2) is 34.8 Å². The molecular weight excluding hydrogens is 324 g/mol. The summed E-state index contributed by atoms with van der Waals surface area (Å²) in [6.45, 7) is 3.35. The molecule has 0 aliphatic rings. The Balaban J connectivity index is 2.60. The average molecular weight is 337 g/mol. The van der Waals surface area contributed by atoms with E-state index in [0.29, 0.717) is 17.9 Å². The van der Waals surface area contributed by atoms with E-state index < -0.39 is 11.9 Å². The van der Waals surface area contributed by atoms with Gasteiger partial charge >= 0.3 is 11.9 Å². The van der Waals surface area contributed by atoms with Crippen LogP contribution in [-0.2, 0) is 9.53 Å². The van der Waals surface area contributed by atoms with Crippen molar-refractivity contribution in [1.29, 1.82) is 0 Å². The number of carbonyl (C=O) groups excluding carboxylic acids is 2. The van der Waals surface area contributed by atoms with Crippen LogP contribution in [-0.4, -0.2) is 18.5 Å². The van der Waals surface area contributed by atoms with Crippen LogP contribution in [0.3, 0.4) is 0 Å². The van der Waals surface area contributed by atoms with Crippen molar-refractivity contribution < 1.29 is 19.1 Å². The Labute approximate surface area is 124 Å². The van der Waals surface area contributed by atoms with Crippen molar-refractivity contribution in [2.45, 2.75) is 13.8 Å². The summed E-state index contributed by atoms with van der Waals surface area (Å²) in [5, 5.41) is 1.55. The van der Waals surface area contributed by atoms with Gasteiger partial charge in [-0.15, -0.1) is 0 Å². The molecule has 20 heavy (non-hydrogen) atoms. The Morgan fingerprint density at radius 2 is 1.95 bits per heavy atom. The number of rotatable bonds is 3. The summed E-state index contributed by atoms with van der Waals surface area (Å²) in [4.78, 5) is 23.0. The lowest BCUT2D eigenvalue weighted by Gasteiger charge is -2.10.